The fraction of sp³-hybridized carbons (Fsp3) is 0.500. The normalized spacial score (nSPS) is 27.9. The van der Waals surface area contributed by atoms with Crippen LogP contribution in [0.4, 0.5) is 5.69 Å². The molecule has 2 heteroatoms. The molecule has 0 spiro atoms. The Hall–Kier alpha value is -1.02. The van der Waals surface area contributed by atoms with Gasteiger partial charge in [0.25, 0.3) is 0 Å². The Morgan fingerprint density at radius 1 is 1.21 bits per heavy atom. The number of nitrogens with zero attached hydrogens (tertiary/aromatic N) is 1. The van der Waals surface area contributed by atoms with Gasteiger partial charge in [-0.3, -0.25) is 0 Å². The van der Waals surface area contributed by atoms with Crippen molar-refractivity contribution in [1.29, 1.82) is 0 Å². The van der Waals surface area contributed by atoms with Crippen molar-refractivity contribution in [2.24, 2.45) is 5.92 Å². The Morgan fingerprint density at radius 3 is 2.50 bits per heavy atom. The Kier molecular flexibility index (Phi) is 2.73. The zero-order valence-electron chi connectivity index (χ0n) is 8.90. The number of hydrogen-bond donors (Lipinski definition) is 1. The van der Waals surface area contributed by atoms with Gasteiger partial charge in [0.2, 0.25) is 0 Å². The van der Waals surface area contributed by atoms with E-state index in [0.29, 0.717) is 6.04 Å². The molecule has 1 saturated heterocycles. The first-order valence-electron chi connectivity index (χ1n) is 5.34. The molecule has 0 aromatic heterocycles. The number of rotatable bonds is 2. The summed E-state index contributed by atoms with van der Waals surface area (Å²) in [6.07, 6.45) is 1.29. The molecule has 0 bridgehead atoms. The topological polar surface area (TPSA) is 15.3 Å². The molecule has 0 amide bonds. The molecular formula is C12H18N2. The van der Waals surface area contributed by atoms with Crippen LogP contribution < -0.4 is 5.43 Å². The van der Waals surface area contributed by atoms with Gasteiger partial charge in [0, 0.05) is 18.3 Å². The predicted molar refractivity (Wildman–Crippen MR) is 60.0 cm³/mol. The van der Waals surface area contributed by atoms with E-state index in [9.17, 15) is 0 Å². The highest BCUT2D eigenvalue weighted by molar-refractivity contribution is 5.41. The lowest BCUT2D eigenvalue weighted by molar-refractivity contribution is 0.321. The number of para-hydroxylation sites is 1. The van der Waals surface area contributed by atoms with Gasteiger partial charge in [0.05, 0.1) is 0 Å². The van der Waals surface area contributed by atoms with Crippen molar-refractivity contribution in [3.05, 3.63) is 30.3 Å². The third-order valence-electron chi connectivity index (χ3n) is 2.83. The molecule has 1 aliphatic heterocycles. The van der Waals surface area contributed by atoms with E-state index in [2.05, 4.69) is 48.5 Å². The van der Waals surface area contributed by atoms with Crippen molar-refractivity contribution in [3.63, 3.8) is 0 Å². The molecule has 2 rings (SSSR count). The van der Waals surface area contributed by atoms with Gasteiger partial charge >= 0.3 is 0 Å². The molecule has 0 radical (unpaired) electrons. The third-order valence-corrected chi connectivity index (χ3v) is 2.83. The first kappa shape index (κ1) is 9.53. The molecule has 1 N–H and O–H groups in total. The molecule has 1 aromatic rings. The highest BCUT2D eigenvalue weighted by atomic mass is 15.5. The van der Waals surface area contributed by atoms with Crippen molar-refractivity contribution in [2.45, 2.75) is 26.3 Å². The summed E-state index contributed by atoms with van der Waals surface area (Å²) in [6.45, 7) is 5.73. The van der Waals surface area contributed by atoms with Gasteiger partial charge in [0.1, 0.15) is 0 Å². The first-order chi connectivity index (χ1) is 6.75. The van der Waals surface area contributed by atoms with Gasteiger partial charge in [0.15, 0.2) is 0 Å². The van der Waals surface area contributed by atoms with Crippen LogP contribution in [0.2, 0.25) is 0 Å². The highest BCUT2D eigenvalue weighted by Gasteiger charge is 2.25. The van der Waals surface area contributed by atoms with Crippen LogP contribution in [0.1, 0.15) is 20.3 Å². The second kappa shape index (κ2) is 4.01. The van der Waals surface area contributed by atoms with Crippen molar-refractivity contribution in [3.8, 4) is 0 Å². The van der Waals surface area contributed by atoms with Crippen LogP contribution in [0.25, 0.3) is 0 Å². The van der Waals surface area contributed by atoms with Gasteiger partial charge in [-0.2, -0.15) is 0 Å². The average molecular weight is 190 g/mol. The van der Waals surface area contributed by atoms with E-state index in [1.807, 2.05) is 6.07 Å². The van der Waals surface area contributed by atoms with Crippen LogP contribution in [-0.2, 0) is 0 Å². The summed E-state index contributed by atoms with van der Waals surface area (Å²) in [5.41, 5.74) is 4.64. The SMILES string of the molecule is CC1CC(C)N(Nc2ccccc2)C1. The van der Waals surface area contributed by atoms with Crippen molar-refractivity contribution >= 4 is 5.69 Å². The number of nitrogens with one attached hydrogen (secondary N) is 1. The molecule has 2 unspecified atom stereocenters. The number of hydrogen-bond acceptors (Lipinski definition) is 2. The Balaban J connectivity index is 1.98. The molecule has 1 aliphatic rings. The van der Waals surface area contributed by atoms with Crippen molar-refractivity contribution in [1.82, 2.24) is 5.01 Å². The lowest BCUT2D eigenvalue weighted by Crippen LogP contribution is -2.32. The lowest BCUT2D eigenvalue weighted by atomic mass is 10.1. The van der Waals surface area contributed by atoms with E-state index >= 15 is 0 Å². The summed E-state index contributed by atoms with van der Waals surface area (Å²) in [7, 11) is 0. The quantitative estimate of drug-likeness (QED) is 0.771. The predicted octanol–water partition coefficient (Wildman–Crippen LogP) is 2.74. The van der Waals surface area contributed by atoms with Gasteiger partial charge in [-0.15, -0.1) is 0 Å². The fourth-order valence-electron chi connectivity index (χ4n) is 2.13. The third kappa shape index (κ3) is 2.07. The lowest BCUT2D eigenvalue weighted by Gasteiger charge is -2.23. The zero-order chi connectivity index (χ0) is 9.97. The number of hydrazine groups is 1. The Morgan fingerprint density at radius 2 is 1.93 bits per heavy atom. The smallest absolute Gasteiger partial charge is 0.0490 e. The Labute approximate surface area is 85.9 Å². The molecule has 1 aromatic carbocycles. The van der Waals surface area contributed by atoms with E-state index in [0.717, 1.165) is 12.5 Å². The minimum absolute atomic E-state index is 0.644. The van der Waals surface area contributed by atoms with Crippen LogP contribution in [-0.4, -0.2) is 17.6 Å². The van der Waals surface area contributed by atoms with Gasteiger partial charge in [-0.1, -0.05) is 25.1 Å². The minimum Gasteiger partial charge on any atom is -0.319 e. The summed E-state index contributed by atoms with van der Waals surface area (Å²) in [6, 6.07) is 11.0. The van der Waals surface area contributed by atoms with Crippen LogP contribution in [0, 0.1) is 5.92 Å². The maximum atomic E-state index is 3.45. The summed E-state index contributed by atoms with van der Waals surface area (Å²) >= 11 is 0. The van der Waals surface area contributed by atoms with Crippen molar-refractivity contribution in [2.75, 3.05) is 12.0 Å². The van der Waals surface area contributed by atoms with Crippen LogP contribution >= 0.6 is 0 Å². The van der Waals surface area contributed by atoms with E-state index < -0.39 is 0 Å². The van der Waals surface area contributed by atoms with E-state index in [1.54, 1.807) is 0 Å². The first-order valence-corrected chi connectivity index (χ1v) is 5.34. The van der Waals surface area contributed by atoms with Gasteiger partial charge in [-0.05, 0) is 31.4 Å². The second-order valence-electron chi connectivity index (χ2n) is 4.32. The monoisotopic (exact) mass is 190 g/mol. The number of benzene rings is 1. The molecular weight excluding hydrogens is 172 g/mol. The number of anilines is 1. The molecule has 76 valence electrons. The highest BCUT2D eigenvalue weighted by Crippen LogP contribution is 2.22. The maximum absolute atomic E-state index is 3.45. The standard InChI is InChI=1S/C12H18N2/c1-10-8-11(2)14(9-10)13-12-6-4-3-5-7-12/h3-7,10-11,13H,8-9H2,1-2H3. The zero-order valence-corrected chi connectivity index (χ0v) is 8.90. The molecule has 0 saturated carbocycles. The Bertz CT molecular complexity index is 284. The maximum Gasteiger partial charge on any atom is 0.0490 e. The molecule has 1 fully saturated rings. The molecule has 2 nitrogen and oxygen atoms in total. The van der Waals surface area contributed by atoms with E-state index in [1.165, 1.54) is 12.1 Å². The van der Waals surface area contributed by atoms with Crippen molar-refractivity contribution < 1.29 is 0 Å². The van der Waals surface area contributed by atoms with Crippen LogP contribution in [0.3, 0.4) is 0 Å². The molecule has 1 heterocycles. The summed E-state index contributed by atoms with van der Waals surface area (Å²) in [5.74, 6) is 0.807. The van der Waals surface area contributed by atoms with Crippen LogP contribution in [0.15, 0.2) is 30.3 Å². The average Bonchev–Trinajstić information content (AvgIpc) is 2.47. The summed E-state index contributed by atoms with van der Waals surface area (Å²) < 4.78 is 0. The van der Waals surface area contributed by atoms with E-state index in [4.69, 9.17) is 0 Å². The molecule has 0 aliphatic carbocycles. The van der Waals surface area contributed by atoms with E-state index in [-0.39, 0.29) is 0 Å². The van der Waals surface area contributed by atoms with Gasteiger partial charge < -0.3 is 5.43 Å². The summed E-state index contributed by atoms with van der Waals surface area (Å²) in [5, 5.41) is 2.33. The summed E-state index contributed by atoms with van der Waals surface area (Å²) in [4.78, 5) is 0. The van der Waals surface area contributed by atoms with Gasteiger partial charge in [-0.25, -0.2) is 5.01 Å². The largest absolute Gasteiger partial charge is 0.319 e. The molecule has 2 atom stereocenters. The minimum atomic E-state index is 0.644. The second-order valence-corrected chi connectivity index (χ2v) is 4.32. The fourth-order valence-corrected chi connectivity index (χ4v) is 2.13. The van der Waals surface area contributed by atoms with Crippen LogP contribution in [0.5, 0.6) is 0 Å². The molecule has 14 heavy (non-hydrogen) atoms.